The molecule has 4 heteroatoms. The lowest BCUT2D eigenvalue weighted by Gasteiger charge is -1.92. The van der Waals surface area contributed by atoms with Crippen LogP contribution in [-0.2, 0) is 9.47 Å². The molecule has 0 spiro atoms. The van der Waals surface area contributed by atoms with Gasteiger partial charge < -0.3 is 15.2 Å². The minimum absolute atomic E-state index is 0.323. The molecule has 2 fully saturated rings. The van der Waals surface area contributed by atoms with Crippen molar-refractivity contribution in [2.75, 3.05) is 26.3 Å². The van der Waals surface area contributed by atoms with E-state index in [1.54, 1.807) is 0 Å². The predicted molar refractivity (Wildman–Crippen MR) is 42.2 cm³/mol. The highest BCUT2D eigenvalue weighted by atomic mass is 16.6. The van der Waals surface area contributed by atoms with Crippen molar-refractivity contribution < 1.29 is 9.47 Å². The van der Waals surface area contributed by atoms with E-state index in [1.807, 2.05) is 0 Å². The van der Waals surface area contributed by atoms with Crippen molar-refractivity contribution in [2.45, 2.75) is 19.3 Å². The molecular formula is C7H16N2O2. The summed E-state index contributed by atoms with van der Waals surface area (Å²) in [7, 11) is 0. The maximum absolute atomic E-state index is 5.19. The third-order valence-corrected chi connectivity index (χ3v) is 1.35. The fraction of sp³-hybridized carbons (Fsp3) is 1.00. The molecule has 2 unspecified atom stereocenters. The van der Waals surface area contributed by atoms with Gasteiger partial charge >= 0.3 is 0 Å². The first-order valence-corrected chi connectivity index (χ1v) is 3.99. The number of nitrogens with two attached hydrogens (primary N) is 1. The Morgan fingerprint density at radius 1 is 1.45 bits per heavy atom. The van der Waals surface area contributed by atoms with Crippen LogP contribution in [-0.4, -0.2) is 38.6 Å². The Bertz CT molecular complexity index is 103. The quantitative estimate of drug-likeness (QED) is 0.536. The van der Waals surface area contributed by atoms with Crippen LogP contribution in [0.4, 0.5) is 0 Å². The van der Waals surface area contributed by atoms with Crippen LogP contribution in [0.3, 0.4) is 0 Å². The molecule has 0 bridgehead atoms. The Kier molecular flexibility index (Phi) is 3.79. The first-order chi connectivity index (χ1) is 5.33. The van der Waals surface area contributed by atoms with Crippen molar-refractivity contribution in [3.05, 3.63) is 0 Å². The highest BCUT2D eigenvalue weighted by Gasteiger charge is 2.19. The Balaban J connectivity index is 0.000000128. The maximum atomic E-state index is 5.19. The second-order valence-corrected chi connectivity index (χ2v) is 2.71. The van der Waals surface area contributed by atoms with E-state index < -0.39 is 0 Å². The lowest BCUT2D eigenvalue weighted by Crippen LogP contribution is -2.24. The summed E-state index contributed by atoms with van der Waals surface area (Å²) in [5, 5.41) is 3.06. The summed E-state index contributed by atoms with van der Waals surface area (Å²) >= 11 is 0. The Hall–Kier alpha value is -0.160. The SMILES string of the molecule is CC1CO1.NCCNC1CO1. The summed E-state index contributed by atoms with van der Waals surface area (Å²) in [6.45, 7) is 5.46. The minimum Gasteiger partial charge on any atom is -0.373 e. The zero-order valence-corrected chi connectivity index (χ0v) is 6.88. The monoisotopic (exact) mass is 160 g/mol. The fourth-order valence-corrected chi connectivity index (χ4v) is 0.507. The minimum atomic E-state index is 0.323. The van der Waals surface area contributed by atoms with Gasteiger partial charge in [-0.1, -0.05) is 0 Å². The third kappa shape index (κ3) is 6.25. The molecule has 0 saturated carbocycles. The highest BCUT2D eigenvalue weighted by molar-refractivity contribution is 4.64. The summed E-state index contributed by atoms with van der Waals surface area (Å²) in [6, 6.07) is 0. The Morgan fingerprint density at radius 3 is 2.27 bits per heavy atom. The summed E-state index contributed by atoms with van der Waals surface area (Å²) < 4.78 is 9.55. The van der Waals surface area contributed by atoms with Crippen LogP contribution >= 0.6 is 0 Å². The van der Waals surface area contributed by atoms with Gasteiger partial charge in [0.1, 0.15) is 6.23 Å². The molecule has 0 aromatic carbocycles. The normalized spacial score (nSPS) is 32.2. The summed E-state index contributed by atoms with van der Waals surface area (Å²) in [5.74, 6) is 0. The van der Waals surface area contributed by atoms with Crippen molar-refractivity contribution in [3.63, 3.8) is 0 Å². The van der Waals surface area contributed by atoms with Gasteiger partial charge in [-0.05, 0) is 6.92 Å². The van der Waals surface area contributed by atoms with Crippen LogP contribution in [0.1, 0.15) is 6.92 Å². The maximum Gasteiger partial charge on any atom is 0.132 e. The van der Waals surface area contributed by atoms with Crippen LogP contribution in [0.2, 0.25) is 0 Å². The molecule has 0 aliphatic carbocycles. The van der Waals surface area contributed by atoms with Gasteiger partial charge in [0.05, 0.1) is 19.3 Å². The molecule has 11 heavy (non-hydrogen) atoms. The molecular weight excluding hydrogens is 144 g/mol. The van der Waals surface area contributed by atoms with Crippen molar-refractivity contribution in [1.29, 1.82) is 0 Å². The van der Waals surface area contributed by atoms with E-state index in [0.717, 1.165) is 19.8 Å². The number of rotatable bonds is 3. The number of ether oxygens (including phenoxy) is 2. The topological polar surface area (TPSA) is 63.1 Å². The summed E-state index contributed by atoms with van der Waals surface area (Å²) in [4.78, 5) is 0. The van der Waals surface area contributed by atoms with E-state index in [0.29, 0.717) is 18.9 Å². The van der Waals surface area contributed by atoms with Crippen molar-refractivity contribution >= 4 is 0 Å². The van der Waals surface area contributed by atoms with E-state index in [1.165, 1.54) is 0 Å². The molecule has 2 aliphatic rings. The smallest absolute Gasteiger partial charge is 0.132 e. The number of nitrogens with one attached hydrogen (secondary N) is 1. The Labute approximate surface area is 67.0 Å². The molecule has 3 N–H and O–H groups in total. The Morgan fingerprint density at radius 2 is 2.00 bits per heavy atom. The average Bonchev–Trinajstić information content (AvgIpc) is 2.81. The summed E-state index contributed by atoms with van der Waals surface area (Å²) in [6.07, 6.45) is 0.906. The van der Waals surface area contributed by atoms with Gasteiger partial charge in [-0.2, -0.15) is 0 Å². The van der Waals surface area contributed by atoms with Crippen LogP contribution in [0, 0.1) is 0 Å². The van der Waals surface area contributed by atoms with Gasteiger partial charge in [0.2, 0.25) is 0 Å². The largest absolute Gasteiger partial charge is 0.373 e. The zero-order chi connectivity index (χ0) is 8.10. The second kappa shape index (κ2) is 4.66. The first kappa shape index (κ1) is 8.93. The number of hydrogen-bond acceptors (Lipinski definition) is 4. The van der Waals surface area contributed by atoms with Crippen LogP contribution in [0.5, 0.6) is 0 Å². The molecule has 2 saturated heterocycles. The van der Waals surface area contributed by atoms with Gasteiger partial charge in [-0.15, -0.1) is 0 Å². The molecule has 2 heterocycles. The molecule has 2 aliphatic heterocycles. The lowest BCUT2D eigenvalue weighted by atomic mass is 10.6. The van der Waals surface area contributed by atoms with Crippen LogP contribution < -0.4 is 11.1 Å². The zero-order valence-electron chi connectivity index (χ0n) is 6.88. The third-order valence-electron chi connectivity index (χ3n) is 1.35. The van der Waals surface area contributed by atoms with Crippen molar-refractivity contribution in [3.8, 4) is 0 Å². The van der Waals surface area contributed by atoms with E-state index in [2.05, 4.69) is 12.2 Å². The number of hydrogen-bond donors (Lipinski definition) is 2. The predicted octanol–water partition coefficient (Wildman–Crippen LogP) is -0.704. The van der Waals surface area contributed by atoms with Gasteiger partial charge in [0.15, 0.2) is 0 Å². The molecule has 66 valence electrons. The average molecular weight is 160 g/mol. The molecule has 0 amide bonds. The van der Waals surface area contributed by atoms with Gasteiger partial charge in [-0.3, -0.25) is 5.32 Å². The van der Waals surface area contributed by atoms with Crippen molar-refractivity contribution in [1.82, 2.24) is 5.32 Å². The van der Waals surface area contributed by atoms with Crippen molar-refractivity contribution in [2.24, 2.45) is 5.73 Å². The van der Waals surface area contributed by atoms with Gasteiger partial charge in [-0.25, -0.2) is 0 Å². The fourth-order valence-electron chi connectivity index (χ4n) is 0.507. The molecule has 0 aromatic heterocycles. The van der Waals surface area contributed by atoms with Crippen LogP contribution in [0.25, 0.3) is 0 Å². The van der Waals surface area contributed by atoms with Crippen LogP contribution in [0.15, 0.2) is 0 Å². The van der Waals surface area contributed by atoms with E-state index in [-0.39, 0.29) is 0 Å². The number of epoxide rings is 2. The summed E-state index contributed by atoms with van der Waals surface area (Å²) in [5.41, 5.74) is 5.19. The van der Waals surface area contributed by atoms with E-state index in [4.69, 9.17) is 15.2 Å². The molecule has 4 nitrogen and oxygen atoms in total. The molecule has 0 radical (unpaired) electrons. The second-order valence-electron chi connectivity index (χ2n) is 2.71. The van der Waals surface area contributed by atoms with E-state index in [9.17, 15) is 0 Å². The van der Waals surface area contributed by atoms with Gasteiger partial charge in [0, 0.05) is 13.1 Å². The molecule has 2 rings (SSSR count). The highest BCUT2D eigenvalue weighted by Crippen LogP contribution is 2.04. The molecule has 0 aromatic rings. The standard InChI is InChI=1S/C4H10N2O.C3H6O/c5-1-2-6-4-3-7-4;1-3-2-4-3/h4,6H,1-3,5H2;3H,2H2,1H3. The van der Waals surface area contributed by atoms with E-state index >= 15 is 0 Å². The lowest BCUT2D eigenvalue weighted by molar-refractivity contribution is 0.372. The first-order valence-electron chi connectivity index (χ1n) is 3.99. The van der Waals surface area contributed by atoms with Gasteiger partial charge in [0.25, 0.3) is 0 Å². The molecule has 2 atom stereocenters.